The summed E-state index contributed by atoms with van der Waals surface area (Å²) in [4.78, 5) is 19.6. The third-order valence-electron chi connectivity index (χ3n) is 4.95. The molecule has 1 amide bonds. The first-order valence-corrected chi connectivity index (χ1v) is 10.3. The monoisotopic (exact) mass is 410 g/mol. The molecule has 1 saturated heterocycles. The Labute approximate surface area is 177 Å². The first-order chi connectivity index (χ1) is 14.5. The number of carbonyl (C=O) groups excluding carboxylic acids is 1. The van der Waals surface area contributed by atoms with Gasteiger partial charge in [-0.3, -0.25) is 9.69 Å². The summed E-state index contributed by atoms with van der Waals surface area (Å²) in [6.45, 7) is 8.26. The Kier molecular flexibility index (Phi) is 7.82. The number of carbonyl (C=O) groups is 1. The van der Waals surface area contributed by atoms with Crippen molar-refractivity contribution in [3.05, 3.63) is 65.2 Å². The van der Waals surface area contributed by atoms with Crippen LogP contribution in [0.25, 0.3) is 0 Å². The van der Waals surface area contributed by atoms with Crippen molar-refractivity contribution in [2.45, 2.75) is 26.3 Å². The number of morpholine rings is 1. The summed E-state index contributed by atoms with van der Waals surface area (Å²) in [6.07, 6.45) is 0. The van der Waals surface area contributed by atoms with Gasteiger partial charge in [-0.2, -0.15) is 0 Å². The van der Waals surface area contributed by atoms with Gasteiger partial charge >= 0.3 is 0 Å². The summed E-state index contributed by atoms with van der Waals surface area (Å²) in [6, 6.07) is 15.6. The topological polar surface area (TPSA) is 89.2 Å². The van der Waals surface area contributed by atoms with Crippen LogP contribution in [0.5, 0.6) is 0 Å². The van der Waals surface area contributed by atoms with Gasteiger partial charge in [0.1, 0.15) is 0 Å². The van der Waals surface area contributed by atoms with Gasteiger partial charge in [-0.05, 0) is 35.2 Å². The molecule has 1 aliphatic rings. The van der Waals surface area contributed by atoms with Crippen molar-refractivity contribution in [2.24, 2.45) is 10.9 Å². The van der Waals surface area contributed by atoms with Crippen molar-refractivity contribution in [1.82, 2.24) is 4.90 Å². The normalized spacial score (nSPS) is 15.2. The molecule has 1 heterocycles. The average Bonchev–Trinajstić information content (AvgIpc) is 2.75. The molecule has 7 heteroatoms. The lowest BCUT2D eigenvalue weighted by Crippen LogP contribution is -2.35. The minimum atomic E-state index is -0.287. The fourth-order valence-corrected chi connectivity index (χ4v) is 3.21. The molecule has 0 atom stereocenters. The van der Waals surface area contributed by atoms with Crippen molar-refractivity contribution in [3.63, 3.8) is 0 Å². The largest absolute Gasteiger partial charge is 0.384 e. The zero-order valence-electron chi connectivity index (χ0n) is 17.6. The molecule has 2 aromatic carbocycles. The number of oxime groups is 1. The van der Waals surface area contributed by atoms with Crippen LogP contribution in [0, 0.1) is 0 Å². The van der Waals surface area contributed by atoms with Crippen LogP contribution < -0.4 is 11.1 Å². The average molecular weight is 411 g/mol. The number of benzene rings is 2. The van der Waals surface area contributed by atoms with Gasteiger partial charge in [0, 0.05) is 30.9 Å². The van der Waals surface area contributed by atoms with Gasteiger partial charge in [-0.25, -0.2) is 0 Å². The van der Waals surface area contributed by atoms with Gasteiger partial charge in [0.05, 0.1) is 13.2 Å². The summed E-state index contributed by atoms with van der Waals surface area (Å²) in [5.74, 6) is 0.403. The van der Waals surface area contributed by atoms with Gasteiger partial charge in [0.15, 0.2) is 12.4 Å². The van der Waals surface area contributed by atoms with Crippen LogP contribution in [0.1, 0.15) is 36.5 Å². The number of nitrogens with one attached hydrogen (secondary N) is 1. The maximum absolute atomic E-state index is 12.1. The van der Waals surface area contributed by atoms with E-state index in [1.807, 2.05) is 42.5 Å². The summed E-state index contributed by atoms with van der Waals surface area (Å²) in [7, 11) is 0. The molecule has 0 unspecified atom stereocenters. The Morgan fingerprint density at radius 2 is 1.93 bits per heavy atom. The molecule has 3 N–H and O–H groups in total. The molecule has 160 valence electrons. The molecule has 3 rings (SSSR count). The minimum absolute atomic E-state index is 0.208. The molecule has 0 aliphatic carbocycles. The number of rotatable bonds is 8. The fraction of sp³-hybridized carbons (Fsp3) is 0.391. The number of hydrogen-bond acceptors (Lipinski definition) is 5. The lowest BCUT2D eigenvalue weighted by atomic mass is 10.0. The van der Waals surface area contributed by atoms with E-state index in [0.717, 1.165) is 49.7 Å². The summed E-state index contributed by atoms with van der Waals surface area (Å²) >= 11 is 0. The zero-order chi connectivity index (χ0) is 21.3. The Bertz CT molecular complexity index is 859. The molecular formula is C23H30N4O3. The summed E-state index contributed by atoms with van der Waals surface area (Å²) in [5.41, 5.74) is 9.90. The highest BCUT2D eigenvalue weighted by Gasteiger charge is 2.11. The van der Waals surface area contributed by atoms with Gasteiger partial charge in [0.2, 0.25) is 0 Å². The molecule has 0 radical (unpaired) electrons. The Balaban J connectivity index is 1.49. The van der Waals surface area contributed by atoms with Crippen LogP contribution in [-0.4, -0.2) is 49.6 Å². The minimum Gasteiger partial charge on any atom is -0.384 e. The maximum atomic E-state index is 12.1. The standard InChI is InChI=1S/C23H30N4O3/c1-17(2)19-6-8-21(9-7-19)25-22(28)16-30-26-23(24)20-5-3-4-18(14-20)15-27-10-12-29-13-11-27/h3-9,14,17H,10-13,15-16H2,1-2H3,(H2,24,26)(H,25,28). The van der Waals surface area contributed by atoms with E-state index in [1.165, 1.54) is 5.56 Å². The predicted octanol–water partition coefficient (Wildman–Crippen LogP) is 2.92. The lowest BCUT2D eigenvalue weighted by molar-refractivity contribution is -0.120. The molecule has 7 nitrogen and oxygen atoms in total. The van der Waals surface area contributed by atoms with E-state index < -0.39 is 0 Å². The zero-order valence-corrected chi connectivity index (χ0v) is 17.6. The van der Waals surface area contributed by atoms with Gasteiger partial charge in [-0.15, -0.1) is 0 Å². The smallest absolute Gasteiger partial charge is 0.265 e. The lowest BCUT2D eigenvalue weighted by Gasteiger charge is -2.26. The highest BCUT2D eigenvalue weighted by atomic mass is 16.6. The van der Waals surface area contributed by atoms with Crippen molar-refractivity contribution in [1.29, 1.82) is 0 Å². The third kappa shape index (κ3) is 6.57. The van der Waals surface area contributed by atoms with E-state index in [0.29, 0.717) is 5.92 Å². The first kappa shape index (κ1) is 21.8. The van der Waals surface area contributed by atoms with Crippen LogP contribution in [0.2, 0.25) is 0 Å². The first-order valence-electron chi connectivity index (χ1n) is 10.3. The number of nitrogens with zero attached hydrogens (tertiary/aromatic N) is 2. The van der Waals surface area contributed by atoms with Crippen molar-refractivity contribution < 1.29 is 14.4 Å². The highest BCUT2D eigenvalue weighted by molar-refractivity contribution is 5.97. The number of ether oxygens (including phenoxy) is 1. The number of amides is 1. The highest BCUT2D eigenvalue weighted by Crippen LogP contribution is 2.17. The molecule has 30 heavy (non-hydrogen) atoms. The molecular weight excluding hydrogens is 380 g/mol. The second-order valence-corrected chi connectivity index (χ2v) is 7.66. The Hall–Kier alpha value is -2.90. The van der Waals surface area contributed by atoms with Crippen LogP contribution >= 0.6 is 0 Å². The third-order valence-corrected chi connectivity index (χ3v) is 4.95. The van der Waals surface area contributed by atoms with Crippen LogP contribution in [0.4, 0.5) is 5.69 Å². The van der Waals surface area contributed by atoms with E-state index in [-0.39, 0.29) is 18.3 Å². The maximum Gasteiger partial charge on any atom is 0.265 e. The molecule has 2 aromatic rings. The molecule has 0 bridgehead atoms. The predicted molar refractivity (Wildman–Crippen MR) is 118 cm³/mol. The van der Waals surface area contributed by atoms with E-state index in [4.69, 9.17) is 15.3 Å². The quantitative estimate of drug-likeness (QED) is 0.397. The van der Waals surface area contributed by atoms with Gasteiger partial charge in [0.25, 0.3) is 5.91 Å². The van der Waals surface area contributed by atoms with E-state index in [1.54, 1.807) is 0 Å². The second-order valence-electron chi connectivity index (χ2n) is 7.66. The van der Waals surface area contributed by atoms with Gasteiger partial charge in [-0.1, -0.05) is 49.3 Å². The van der Waals surface area contributed by atoms with Crippen molar-refractivity contribution >= 4 is 17.4 Å². The number of anilines is 1. The number of nitrogens with two attached hydrogens (primary N) is 1. The van der Waals surface area contributed by atoms with E-state index in [9.17, 15) is 4.79 Å². The number of hydrogen-bond donors (Lipinski definition) is 2. The number of amidine groups is 1. The molecule has 0 aromatic heterocycles. The molecule has 0 spiro atoms. The van der Waals surface area contributed by atoms with Crippen LogP contribution in [-0.2, 0) is 20.9 Å². The van der Waals surface area contributed by atoms with Gasteiger partial charge < -0.3 is 20.6 Å². The van der Waals surface area contributed by atoms with Crippen molar-refractivity contribution in [2.75, 3.05) is 38.2 Å². The Morgan fingerprint density at radius 1 is 1.20 bits per heavy atom. The fourth-order valence-electron chi connectivity index (χ4n) is 3.21. The van der Waals surface area contributed by atoms with E-state index >= 15 is 0 Å². The SMILES string of the molecule is CC(C)c1ccc(NC(=O)CO/N=C(/N)c2cccc(CN3CCOCC3)c2)cc1. The van der Waals surface area contributed by atoms with Crippen LogP contribution in [0.3, 0.4) is 0 Å². The van der Waals surface area contributed by atoms with Crippen molar-refractivity contribution in [3.8, 4) is 0 Å². The molecule has 0 saturated carbocycles. The van der Waals surface area contributed by atoms with Crippen LogP contribution in [0.15, 0.2) is 53.7 Å². The Morgan fingerprint density at radius 3 is 2.63 bits per heavy atom. The molecule has 1 fully saturated rings. The molecule has 1 aliphatic heterocycles. The summed E-state index contributed by atoms with van der Waals surface area (Å²) in [5, 5.41) is 6.69. The second kappa shape index (κ2) is 10.8. The summed E-state index contributed by atoms with van der Waals surface area (Å²) < 4.78 is 5.38. The van der Waals surface area contributed by atoms with E-state index in [2.05, 4.69) is 35.3 Å².